The van der Waals surface area contributed by atoms with Gasteiger partial charge in [0.15, 0.2) is 0 Å². The summed E-state index contributed by atoms with van der Waals surface area (Å²) in [6.45, 7) is 11.7. The van der Waals surface area contributed by atoms with Crippen molar-refractivity contribution < 1.29 is 24.2 Å². The van der Waals surface area contributed by atoms with Crippen LogP contribution in [0.2, 0.25) is 0 Å². The zero-order valence-corrected chi connectivity index (χ0v) is 15.1. The molecule has 0 aliphatic carbocycles. The number of ether oxygens (including phenoxy) is 2. The first kappa shape index (κ1) is 19.5. The third kappa shape index (κ3) is 6.64. The van der Waals surface area contributed by atoms with Crippen LogP contribution in [0.15, 0.2) is 0 Å². The Hall–Kier alpha value is -1.50. The molecule has 7 heteroatoms. The maximum absolute atomic E-state index is 12.3. The van der Waals surface area contributed by atoms with Crippen LogP contribution in [-0.4, -0.2) is 70.6 Å². The smallest absolute Gasteiger partial charge is 0.410 e. The highest BCUT2D eigenvalue weighted by molar-refractivity contribution is 5.70. The van der Waals surface area contributed by atoms with Crippen LogP contribution in [0.1, 0.15) is 48.0 Å². The number of hydrogen-bond donors (Lipinski definition) is 1. The Morgan fingerprint density at radius 1 is 0.957 bits per heavy atom. The molecule has 2 amide bonds. The molecule has 0 aromatic heterocycles. The van der Waals surface area contributed by atoms with Crippen LogP contribution in [-0.2, 0) is 9.47 Å². The van der Waals surface area contributed by atoms with Gasteiger partial charge < -0.3 is 24.4 Å². The zero-order valence-electron chi connectivity index (χ0n) is 15.1. The largest absolute Gasteiger partial charge is 0.444 e. The molecule has 1 rings (SSSR count). The van der Waals surface area contributed by atoms with Crippen LogP contribution in [0.25, 0.3) is 0 Å². The van der Waals surface area contributed by atoms with Gasteiger partial charge in [0, 0.05) is 19.6 Å². The highest BCUT2D eigenvalue weighted by Gasteiger charge is 2.33. The molecule has 1 saturated heterocycles. The van der Waals surface area contributed by atoms with E-state index in [-0.39, 0.29) is 12.6 Å². The van der Waals surface area contributed by atoms with E-state index in [9.17, 15) is 14.7 Å². The molecule has 1 atom stereocenters. The van der Waals surface area contributed by atoms with E-state index >= 15 is 0 Å². The Morgan fingerprint density at radius 3 is 1.96 bits per heavy atom. The molecule has 23 heavy (non-hydrogen) atoms. The molecule has 1 N–H and O–H groups in total. The molecule has 0 aromatic carbocycles. The quantitative estimate of drug-likeness (QED) is 0.797. The molecular formula is C16H30N2O5. The molecule has 1 aliphatic heterocycles. The lowest BCUT2D eigenvalue weighted by Crippen LogP contribution is -2.46. The molecule has 0 aromatic rings. The molecule has 0 saturated carbocycles. The lowest BCUT2D eigenvalue weighted by molar-refractivity contribution is 0.00968. The number of nitrogens with zero attached hydrogens (tertiary/aromatic N) is 2. The predicted octanol–water partition coefficient (Wildman–Crippen LogP) is 2.23. The molecule has 7 nitrogen and oxygen atoms in total. The minimum absolute atomic E-state index is 0.165. The predicted molar refractivity (Wildman–Crippen MR) is 86.2 cm³/mol. The van der Waals surface area contributed by atoms with E-state index in [0.29, 0.717) is 26.1 Å². The summed E-state index contributed by atoms with van der Waals surface area (Å²) in [7, 11) is 0. The van der Waals surface area contributed by atoms with Crippen molar-refractivity contribution in [3.05, 3.63) is 0 Å². The first-order valence-corrected chi connectivity index (χ1v) is 8.01. The van der Waals surface area contributed by atoms with Crippen molar-refractivity contribution in [1.82, 2.24) is 9.80 Å². The van der Waals surface area contributed by atoms with Crippen molar-refractivity contribution >= 4 is 12.2 Å². The van der Waals surface area contributed by atoms with Gasteiger partial charge >= 0.3 is 12.2 Å². The zero-order chi connectivity index (χ0) is 17.8. The molecule has 0 radical (unpaired) electrons. The van der Waals surface area contributed by atoms with E-state index in [4.69, 9.17) is 9.47 Å². The van der Waals surface area contributed by atoms with Gasteiger partial charge in [0.2, 0.25) is 0 Å². The Balaban J connectivity index is 2.75. The normalized spacial score (nSPS) is 20.0. The number of aliphatic hydroxyl groups excluding tert-OH is 1. The summed E-state index contributed by atoms with van der Waals surface area (Å²) in [5.41, 5.74) is -1.17. The van der Waals surface area contributed by atoms with Crippen LogP contribution in [0, 0.1) is 0 Å². The number of aliphatic hydroxyl groups is 1. The Kier molecular flexibility index (Phi) is 6.27. The molecular weight excluding hydrogens is 300 g/mol. The standard InChI is InChI=1S/C16H30N2O5/c1-15(2,3)22-13(20)17-8-7-12(11-19)18(10-9-17)14(21)23-16(4,5)6/h12,19H,7-11H2,1-6H3. The summed E-state index contributed by atoms with van der Waals surface area (Å²) >= 11 is 0. The summed E-state index contributed by atoms with van der Waals surface area (Å²) < 4.78 is 10.8. The lowest BCUT2D eigenvalue weighted by atomic mass is 10.2. The summed E-state index contributed by atoms with van der Waals surface area (Å²) in [5.74, 6) is 0. The first-order chi connectivity index (χ1) is 10.4. The van der Waals surface area contributed by atoms with Crippen LogP contribution in [0.3, 0.4) is 0 Å². The number of amides is 2. The molecule has 1 unspecified atom stereocenters. The Bertz CT molecular complexity index is 425. The average molecular weight is 330 g/mol. The second kappa shape index (κ2) is 7.38. The van der Waals surface area contributed by atoms with E-state index in [0.717, 1.165) is 0 Å². The summed E-state index contributed by atoms with van der Waals surface area (Å²) in [6.07, 6.45) is -0.391. The fourth-order valence-electron chi connectivity index (χ4n) is 2.24. The second-order valence-electron chi connectivity index (χ2n) is 7.77. The van der Waals surface area contributed by atoms with E-state index in [1.165, 1.54) is 4.90 Å². The van der Waals surface area contributed by atoms with Crippen molar-refractivity contribution in [2.75, 3.05) is 26.2 Å². The van der Waals surface area contributed by atoms with Gasteiger partial charge in [0.1, 0.15) is 11.2 Å². The third-order valence-electron chi connectivity index (χ3n) is 3.27. The second-order valence-corrected chi connectivity index (χ2v) is 7.77. The number of carbonyl (C=O) groups is 2. The van der Waals surface area contributed by atoms with Crippen molar-refractivity contribution in [3.8, 4) is 0 Å². The highest BCUT2D eigenvalue weighted by Crippen LogP contribution is 2.18. The fourth-order valence-corrected chi connectivity index (χ4v) is 2.24. The monoisotopic (exact) mass is 330 g/mol. The summed E-state index contributed by atoms with van der Waals surface area (Å²) in [6, 6.07) is -0.364. The van der Waals surface area contributed by atoms with E-state index < -0.39 is 23.4 Å². The first-order valence-electron chi connectivity index (χ1n) is 8.01. The minimum atomic E-state index is -0.603. The van der Waals surface area contributed by atoms with Crippen molar-refractivity contribution in [3.63, 3.8) is 0 Å². The third-order valence-corrected chi connectivity index (χ3v) is 3.27. The topological polar surface area (TPSA) is 79.3 Å². The number of carbonyl (C=O) groups excluding carboxylic acids is 2. The van der Waals surface area contributed by atoms with Crippen LogP contribution in [0.5, 0.6) is 0 Å². The molecule has 1 fully saturated rings. The van der Waals surface area contributed by atoms with Gasteiger partial charge in [0.25, 0.3) is 0 Å². The molecule has 0 spiro atoms. The SMILES string of the molecule is CC(C)(C)OC(=O)N1CCC(CO)N(C(=O)OC(C)(C)C)CC1. The van der Waals surface area contributed by atoms with E-state index in [1.54, 1.807) is 25.7 Å². The van der Waals surface area contributed by atoms with Gasteiger partial charge in [-0.25, -0.2) is 9.59 Å². The van der Waals surface area contributed by atoms with Gasteiger partial charge in [-0.1, -0.05) is 0 Å². The summed E-state index contributed by atoms with van der Waals surface area (Å²) in [4.78, 5) is 27.5. The van der Waals surface area contributed by atoms with Crippen molar-refractivity contribution in [2.45, 2.75) is 65.2 Å². The van der Waals surface area contributed by atoms with E-state index in [1.807, 2.05) is 20.8 Å². The maximum atomic E-state index is 12.3. The highest BCUT2D eigenvalue weighted by atomic mass is 16.6. The molecule has 134 valence electrons. The van der Waals surface area contributed by atoms with Gasteiger partial charge in [-0.05, 0) is 48.0 Å². The van der Waals surface area contributed by atoms with Crippen molar-refractivity contribution in [2.24, 2.45) is 0 Å². The van der Waals surface area contributed by atoms with Gasteiger partial charge in [-0.2, -0.15) is 0 Å². The number of hydrogen-bond acceptors (Lipinski definition) is 5. The summed E-state index contributed by atoms with van der Waals surface area (Å²) in [5, 5.41) is 9.56. The molecule has 0 bridgehead atoms. The molecule has 1 heterocycles. The maximum Gasteiger partial charge on any atom is 0.410 e. The van der Waals surface area contributed by atoms with Crippen molar-refractivity contribution in [1.29, 1.82) is 0 Å². The van der Waals surface area contributed by atoms with E-state index in [2.05, 4.69) is 0 Å². The average Bonchev–Trinajstić information content (AvgIpc) is 2.56. The molecule has 1 aliphatic rings. The fraction of sp³-hybridized carbons (Fsp3) is 0.875. The van der Waals surface area contributed by atoms with Crippen LogP contribution in [0.4, 0.5) is 9.59 Å². The van der Waals surface area contributed by atoms with Gasteiger partial charge in [0.05, 0.1) is 12.6 Å². The van der Waals surface area contributed by atoms with Gasteiger partial charge in [-0.15, -0.1) is 0 Å². The Labute approximate surface area is 138 Å². The van der Waals surface area contributed by atoms with Crippen LogP contribution >= 0.6 is 0 Å². The number of rotatable bonds is 1. The van der Waals surface area contributed by atoms with Gasteiger partial charge in [-0.3, -0.25) is 0 Å². The lowest BCUT2D eigenvalue weighted by Gasteiger charge is -2.31. The van der Waals surface area contributed by atoms with Crippen LogP contribution < -0.4 is 0 Å². The Morgan fingerprint density at radius 2 is 1.48 bits per heavy atom. The minimum Gasteiger partial charge on any atom is -0.444 e.